The van der Waals surface area contributed by atoms with Gasteiger partial charge < -0.3 is 10.4 Å². The first kappa shape index (κ1) is 13.3. The van der Waals surface area contributed by atoms with Gasteiger partial charge in [-0.1, -0.05) is 40.0 Å². The van der Waals surface area contributed by atoms with Gasteiger partial charge in [0.1, 0.15) is 0 Å². The summed E-state index contributed by atoms with van der Waals surface area (Å²) in [5, 5.41) is 14.3. The van der Waals surface area contributed by atoms with E-state index in [4.69, 9.17) is 11.6 Å². The van der Waals surface area contributed by atoms with Crippen LogP contribution in [-0.2, 0) is 0 Å². The monoisotopic (exact) mass is 317 g/mol. The van der Waals surface area contributed by atoms with Crippen molar-refractivity contribution in [2.24, 2.45) is 0 Å². The fourth-order valence-electron chi connectivity index (χ4n) is 2.29. The minimum absolute atomic E-state index is 0.415. The molecule has 2 rings (SSSR count). The van der Waals surface area contributed by atoms with Gasteiger partial charge in [0.2, 0.25) is 0 Å². The van der Waals surface area contributed by atoms with Gasteiger partial charge in [-0.3, -0.25) is 0 Å². The topological polar surface area (TPSA) is 32.3 Å². The molecule has 0 spiro atoms. The zero-order valence-electron chi connectivity index (χ0n) is 9.63. The van der Waals surface area contributed by atoms with Gasteiger partial charge in [-0.05, 0) is 43.5 Å². The van der Waals surface area contributed by atoms with Gasteiger partial charge in [0.05, 0.1) is 6.10 Å². The molecule has 0 aromatic heterocycles. The number of rotatable bonds is 3. The maximum absolute atomic E-state index is 10.2. The van der Waals surface area contributed by atoms with E-state index in [0.717, 1.165) is 29.4 Å². The van der Waals surface area contributed by atoms with E-state index < -0.39 is 6.10 Å². The molecule has 17 heavy (non-hydrogen) atoms. The van der Waals surface area contributed by atoms with Crippen molar-refractivity contribution < 1.29 is 5.11 Å². The Balaban J connectivity index is 2.00. The van der Waals surface area contributed by atoms with Crippen molar-refractivity contribution in [1.82, 2.24) is 5.32 Å². The number of piperidine rings is 1. The molecule has 0 bridgehead atoms. The van der Waals surface area contributed by atoms with Crippen LogP contribution in [-0.4, -0.2) is 17.7 Å². The molecule has 1 aliphatic rings. The minimum atomic E-state index is -0.480. The standard InChI is InChI=1S/C13H17BrClNO/c14-9-4-5-11(12(15)7-9)13(17)8-10-3-1-2-6-16-10/h4-5,7,10,13,16-17H,1-3,6,8H2. The Morgan fingerprint density at radius 2 is 2.29 bits per heavy atom. The first-order valence-electron chi connectivity index (χ1n) is 6.03. The lowest BCUT2D eigenvalue weighted by molar-refractivity contribution is 0.145. The third-order valence-electron chi connectivity index (χ3n) is 3.24. The summed E-state index contributed by atoms with van der Waals surface area (Å²) in [6.45, 7) is 1.06. The zero-order chi connectivity index (χ0) is 12.3. The summed E-state index contributed by atoms with van der Waals surface area (Å²) in [5.74, 6) is 0. The average Bonchev–Trinajstić information content (AvgIpc) is 2.30. The van der Waals surface area contributed by atoms with Gasteiger partial charge in [-0.2, -0.15) is 0 Å². The van der Waals surface area contributed by atoms with E-state index in [-0.39, 0.29) is 0 Å². The number of benzene rings is 1. The first-order valence-corrected chi connectivity index (χ1v) is 7.20. The van der Waals surface area contributed by atoms with Crippen molar-refractivity contribution >= 4 is 27.5 Å². The molecular formula is C13H17BrClNO. The molecule has 1 heterocycles. The van der Waals surface area contributed by atoms with Crippen LogP contribution < -0.4 is 5.32 Å². The van der Waals surface area contributed by atoms with Crippen LogP contribution in [0.2, 0.25) is 5.02 Å². The molecular weight excluding hydrogens is 302 g/mol. The van der Waals surface area contributed by atoms with Crippen molar-refractivity contribution in [3.05, 3.63) is 33.3 Å². The molecule has 0 aliphatic carbocycles. The summed E-state index contributed by atoms with van der Waals surface area (Å²) in [6, 6.07) is 6.05. The Morgan fingerprint density at radius 3 is 2.94 bits per heavy atom. The van der Waals surface area contributed by atoms with E-state index in [1.165, 1.54) is 12.8 Å². The molecule has 2 unspecified atom stereocenters. The van der Waals surface area contributed by atoms with Gasteiger partial charge in [0, 0.05) is 15.5 Å². The summed E-state index contributed by atoms with van der Waals surface area (Å²) in [7, 11) is 0. The third-order valence-corrected chi connectivity index (χ3v) is 4.06. The average molecular weight is 319 g/mol. The highest BCUT2D eigenvalue weighted by Gasteiger charge is 2.19. The molecule has 4 heteroatoms. The number of aliphatic hydroxyl groups is 1. The molecule has 0 amide bonds. The second kappa shape index (κ2) is 6.19. The van der Waals surface area contributed by atoms with E-state index in [9.17, 15) is 5.11 Å². The predicted molar refractivity (Wildman–Crippen MR) is 74.4 cm³/mol. The van der Waals surface area contributed by atoms with Crippen molar-refractivity contribution in [1.29, 1.82) is 0 Å². The number of hydrogen-bond donors (Lipinski definition) is 2. The summed E-state index contributed by atoms with van der Waals surface area (Å²) in [5.41, 5.74) is 0.822. The Hall–Kier alpha value is -0.0900. The molecule has 0 radical (unpaired) electrons. The largest absolute Gasteiger partial charge is 0.388 e. The molecule has 2 N–H and O–H groups in total. The summed E-state index contributed by atoms with van der Waals surface area (Å²) < 4.78 is 0.939. The highest BCUT2D eigenvalue weighted by Crippen LogP contribution is 2.29. The van der Waals surface area contributed by atoms with Crippen molar-refractivity contribution in [3.63, 3.8) is 0 Å². The lowest BCUT2D eigenvalue weighted by atomic mass is 9.96. The maximum atomic E-state index is 10.2. The molecule has 1 aromatic rings. The quantitative estimate of drug-likeness (QED) is 0.891. The Morgan fingerprint density at radius 1 is 1.47 bits per heavy atom. The van der Waals surface area contributed by atoms with Gasteiger partial charge >= 0.3 is 0 Å². The highest BCUT2D eigenvalue weighted by molar-refractivity contribution is 9.10. The molecule has 1 aliphatic heterocycles. The smallest absolute Gasteiger partial charge is 0.0819 e. The molecule has 1 saturated heterocycles. The van der Waals surface area contributed by atoms with E-state index in [1.807, 2.05) is 18.2 Å². The van der Waals surface area contributed by atoms with Crippen LogP contribution in [0.4, 0.5) is 0 Å². The van der Waals surface area contributed by atoms with Crippen molar-refractivity contribution in [2.75, 3.05) is 6.54 Å². The number of nitrogens with one attached hydrogen (secondary N) is 1. The fourth-order valence-corrected chi connectivity index (χ4v) is 3.09. The second-order valence-electron chi connectivity index (χ2n) is 4.56. The summed E-state index contributed by atoms with van der Waals surface area (Å²) in [4.78, 5) is 0. The number of halogens is 2. The molecule has 2 nitrogen and oxygen atoms in total. The van der Waals surface area contributed by atoms with Gasteiger partial charge in [0.25, 0.3) is 0 Å². The van der Waals surface area contributed by atoms with Crippen LogP contribution in [0.3, 0.4) is 0 Å². The molecule has 1 fully saturated rings. The third kappa shape index (κ3) is 3.68. The lowest BCUT2D eigenvalue weighted by Gasteiger charge is -2.26. The molecule has 1 aromatic carbocycles. The van der Waals surface area contributed by atoms with Gasteiger partial charge in [-0.15, -0.1) is 0 Å². The first-order chi connectivity index (χ1) is 8.16. The Kier molecular flexibility index (Phi) is 4.86. The number of aliphatic hydroxyl groups excluding tert-OH is 1. The highest BCUT2D eigenvalue weighted by atomic mass is 79.9. The van der Waals surface area contributed by atoms with Crippen molar-refractivity contribution in [3.8, 4) is 0 Å². The minimum Gasteiger partial charge on any atom is -0.388 e. The van der Waals surface area contributed by atoms with Gasteiger partial charge in [-0.25, -0.2) is 0 Å². The van der Waals surface area contributed by atoms with Crippen LogP contribution in [0, 0.1) is 0 Å². The fraction of sp³-hybridized carbons (Fsp3) is 0.538. The number of hydrogen-bond acceptors (Lipinski definition) is 2. The summed E-state index contributed by atoms with van der Waals surface area (Å²) in [6.07, 6.45) is 3.89. The van der Waals surface area contributed by atoms with E-state index in [0.29, 0.717) is 11.1 Å². The van der Waals surface area contributed by atoms with Gasteiger partial charge in [0.15, 0.2) is 0 Å². The molecule has 94 valence electrons. The van der Waals surface area contributed by atoms with Crippen LogP contribution in [0.5, 0.6) is 0 Å². The zero-order valence-corrected chi connectivity index (χ0v) is 12.0. The normalized spacial score (nSPS) is 22.4. The van der Waals surface area contributed by atoms with Crippen LogP contribution >= 0.6 is 27.5 Å². The Labute approximate surface area is 115 Å². The van der Waals surface area contributed by atoms with E-state index in [2.05, 4.69) is 21.2 Å². The van der Waals surface area contributed by atoms with Crippen LogP contribution in [0.15, 0.2) is 22.7 Å². The lowest BCUT2D eigenvalue weighted by Crippen LogP contribution is -2.35. The van der Waals surface area contributed by atoms with Crippen LogP contribution in [0.25, 0.3) is 0 Å². The second-order valence-corrected chi connectivity index (χ2v) is 5.89. The molecule has 0 saturated carbocycles. The SMILES string of the molecule is OC(CC1CCCCN1)c1ccc(Br)cc1Cl. The van der Waals surface area contributed by atoms with E-state index in [1.54, 1.807) is 0 Å². The maximum Gasteiger partial charge on any atom is 0.0819 e. The predicted octanol–water partition coefficient (Wildman–Crippen LogP) is 3.67. The van der Waals surface area contributed by atoms with E-state index >= 15 is 0 Å². The van der Waals surface area contributed by atoms with Crippen molar-refractivity contribution in [2.45, 2.75) is 37.8 Å². The Bertz CT molecular complexity index is 380. The molecule has 2 atom stereocenters. The van der Waals surface area contributed by atoms with Crippen LogP contribution in [0.1, 0.15) is 37.4 Å². The summed E-state index contributed by atoms with van der Waals surface area (Å²) >= 11 is 9.50.